The first-order valence-electron chi connectivity index (χ1n) is 8.62. The van der Waals surface area contributed by atoms with Crippen LogP contribution in [-0.4, -0.2) is 10.5 Å². The molecule has 0 amide bonds. The molecule has 1 heterocycles. The second kappa shape index (κ2) is 7.91. The number of hydrogen-bond donors (Lipinski definition) is 1. The average Bonchev–Trinajstić information content (AvgIpc) is 2.67. The molecule has 2 aromatic carbocycles. The van der Waals surface area contributed by atoms with Gasteiger partial charge in [0.1, 0.15) is 0 Å². The summed E-state index contributed by atoms with van der Waals surface area (Å²) in [5.74, 6) is 0. The van der Waals surface area contributed by atoms with Gasteiger partial charge in [-0.15, -0.1) is 0 Å². The lowest BCUT2D eigenvalue weighted by atomic mass is 9.86. The minimum Gasteiger partial charge on any atom is -0.304 e. The second-order valence-corrected chi connectivity index (χ2v) is 6.67. The maximum Gasteiger partial charge on any atom is 0.0386 e. The molecule has 25 heavy (non-hydrogen) atoms. The van der Waals surface area contributed by atoms with Crippen LogP contribution in [0.25, 0.3) is 11.6 Å². The molecule has 1 aromatic heterocycles. The van der Waals surface area contributed by atoms with E-state index in [1.807, 2.05) is 18.3 Å². The highest BCUT2D eigenvalue weighted by Gasteiger charge is 2.24. The number of benzene rings is 2. The van der Waals surface area contributed by atoms with E-state index in [-0.39, 0.29) is 5.54 Å². The lowest BCUT2D eigenvalue weighted by molar-refractivity contribution is 0.490. The van der Waals surface area contributed by atoms with E-state index in [9.17, 15) is 0 Å². The average molecular weight is 328 g/mol. The van der Waals surface area contributed by atoms with Crippen molar-refractivity contribution in [2.24, 2.45) is 0 Å². The molecule has 0 fully saturated rings. The van der Waals surface area contributed by atoms with Gasteiger partial charge in [0.05, 0.1) is 0 Å². The number of nitrogens with one attached hydrogen (secondary N) is 1. The molecule has 0 aliphatic heterocycles. The zero-order valence-electron chi connectivity index (χ0n) is 14.8. The summed E-state index contributed by atoms with van der Waals surface area (Å²) in [6.07, 6.45) is 5.93. The summed E-state index contributed by atoms with van der Waals surface area (Å²) in [6.45, 7) is 5.28. The fourth-order valence-electron chi connectivity index (χ4n) is 2.88. The van der Waals surface area contributed by atoms with Crippen LogP contribution in [0.4, 0.5) is 0 Å². The SMILES string of the molecule is CC(C)(NCc1ccccc1)/C(=C\c1cccnc1)c1ccccc1. The van der Waals surface area contributed by atoms with Gasteiger partial charge >= 0.3 is 0 Å². The summed E-state index contributed by atoms with van der Waals surface area (Å²) in [6, 6.07) is 25.1. The second-order valence-electron chi connectivity index (χ2n) is 6.67. The Hall–Kier alpha value is -2.71. The smallest absolute Gasteiger partial charge is 0.0386 e. The molecule has 3 rings (SSSR count). The van der Waals surface area contributed by atoms with Crippen molar-refractivity contribution in [2.45, 2.75) is 25.9 Å². The fourth-order valence-corrected chi connectivity index (χ4v) is 2.88. The van der Waals surface area contributed by atoms with Gasteiger partial charge < -0.3 is 5.32 Å². The zero-order chi connectivity index (χ0) is 17.5. The lowest BCUT2D eigenvalue weighted by Gasteiger charge is -2.30. The third-order valence-electron chi connectivity index (χ3n) is 4.33. The van der Waals surface area contributed by atoms with Crippen molar-refractivity contribution in [3.63, 3.8) is 0 Å². The molecule has 0 atom stereocenters. The Labute approximate surface area is 150 Å². The summed E-state index contributed by atoms with van der Waals surface area (Å²) >= 11 is 0. The standard InChI is InChI=1S/C23H24N2/c1-23(2,25-18-19-10-5-3-6-11-19)22(21-13-7-4-8-14-21)16-20-12-9-15-24-17-20/h3-17,25H,18H2,1-2H3/b22-16-. The van der Waals surface area contributed by atoms with E-state index in [4.69, 9.17) is 0 Å². The summed E-state index contributed by atoms with van der Waals surface area (Å²) < 4.78 is 0. The van der Waals surface area contributed by atoms with E-state index in [0.29, 0.717) is 0 Å². The van der Waals surface area contributed by atoms with E-state index in [0.717, 1.165) is 12.1 Å². The van der Waals surface area contributed by atoms with Gasteiger partial charge in [0.2, 0.25) is 0 Å². The molecule has 1 N–H and O–H groups in total. The molecular formula is C23H24N2. The normalized spacial score (nSPS) is 12.2. The third-order valence-corrected chi connectivity index (χ3v) is 4.33. The molecule has 2 heteroatoms. The van der Waals surface area contributed by atoms with Crippen molar-refractivity contribution in [1.29, 1.82) is 0 Å². The summed E-state index contributed by atoms with van der Waals surface area (Å²) in [5, 5.41) is 3.71. The molecule has 0 spiro atoms. The Bertz CT molecular complexity index is 806. The van der Waals surface area contributed by atoms with Crippen LogP contribution >= 0.6 is 0 Å². The number of hydrogen-bond acceptors (Lipinski definition) is 2. The molecule has 126 valence electrons. The first-order chi connectivity index (χ1) is 12.1. The minimum atomic E-state index is -0.187. The predicted molar refractivity (Wildman–Crippen MR) is 106 cm³/mol. The van der Waals surface area contributed by atoms with Gasteiger partial charge in [0.25, 0.3) is 0 Å². The quantitative estimate of drug-likeness (QED) is 0.673. The largest absolute Gasteiger partial charge is 0.304 e. The van der Waals surface area contributed by atoms with Crippen molar-refractivity contribution in [1.82, 2.24) is 10.3 Å². The Morgan fingerprint density at radius 2 is 1.60 bits per heavy atom. The van der Waals surface area contributed by atoms with Crippen LogP contribution in [0.3, 0.4) is 0 Å². The van der Waals surface area contributed by atoms with E-state index in [1.165, 1.54) is 16.7 Å². The maximum absolute atomic E-state index is 4.24. The number of pyridine rings is 1. The Morgan fingerprint density at radius 3 is 2.24 bits per heavy atom. The summed E-state index contributed by atoms with van der Waals surface area (Å²) in [5.41, 5.74) is 4.67. The lowest BCUT2D eigenvalue weighted by Crippen LogP contribution is -2.39. The molecule has 0 saturated carbocycles. The van der Waals surface area contributed by atoms with Crippen molar-refractivity contribution in [3.05, 3.63) is 102 Å². The van der Waals surface area contributed by atoms with Crippen LogP contribution in [-0.2, 0) is 6.54 Å². The molecule has 0 saturated heterocycles. The topological polar surface area (TPSA) is 24.9 Å². The molecule has 2 nitrogen and oxygen atoms in total. The van der Waals surface area contributed by atoms with Crippen LogP contribution in [0.2, 0.25) is 0 Å². The van der Waals surface area contributed by atoms with Gasteiger partial charge in [-0.3, -0.25) is 4.98 Å². The number of rotatable bonds is 6. The van der Waals surface area contributed by atoms with E-state index < -0.39 is 0 Å². The molecule has 0 radical (unpaired) electrons. The first-order valence-corrected chi connectivity index (χ1v) is 8.62. The van der Waals surface area contributed by atoms with E-state index in [2.05, 4.69) is 90.9 Å². The van der Waals surface area contributed by atoms with Gasteiger partial charge in [-0.1, -0.05) is 66.7 Å². The van der Waals surface area contributed by atoms with Crippen LogP contribution in [0.5, 0.6) is 0 Å². The Morgan fingerprint density at radius 1 is 0.920 bits per heavy atom. The molecule has 0 aliphatic rings. The van der Waals surface area contributed by atoms with Crippen LogP contribution in [0.15, 0.2) is 85.2 Å². The van der Waals surface area contributed by atoms with Crippen molar-refractivity contribution < 1.29 is 0 Å². The molecule has 0 unspecified atom stereocenters. The van der Waals surface area contributed by atoms with Crippen molar-refractivity contribution in [2.75, 3.05) is 0 Å². The first kappa shape index (κ1) is 17.1. The zero-order valence-corrected chi connectivity index (χ0v) is 14.8. The Balaban J connectivity index is 1.91. The molecule has 0 aliphatic carbocycles. The van der Waals surface area contributed by atoms with Crippen LogP contribution in [0.1, 0.15) is 30.5 Å². The predicted octanol–water partition coefficient (Wildman–Crippen LogP) is 5.19. The van der Waals surface area contributed by atoms with Crippen LogP contribution < -0.4 is 5.32 Å². The third kappa shape index (κ3) is 4.65. The van der Waals surface area contributed by atoms with Gasteiger partial charge in [-0.05, 0) is 48.3 Å². The monoisotopic (exact) mass is 328 g/mol. The Kier molecular flexibility index (Phi) is 5.42. The highest BCUT2D eigenvalue weighted by molar-refractivity contribution is 5.86. The van der Waals surface area contributed by atoms with Gasteiger partial charge in [-0.25, -0.2) is 0 Å². The molecule has 0 bridgehead atoms. The highest BCUT2D eigenvalue weighted by Crippen LogP contribution is 2.29. The fraction of sp³-hybridized carbons (Fsp3) is 0.174. The molecular weight excluding hydrogens is 304 g/mol. The number of nitrogens with zero attached hydrogens (tertiary/aromatic N) is 1. The van der Waals surface area contributed by atoms with E-state index in [1.54, 1.807) is 6.20 Å². The van der Waals surface area contributed by atoms with Crippen LogP contribution in [0, 0.1) is 0 Å². The molecule has 3 aromatic rings. The van der Waals surface area contributed by atoms with Crippen molar-refractivity contribution >= 4 is 11.6 Å². The maximum atomic E-state index is 4.24. The number of aromatic nitrogens is 1. The van der Waals surface area contributed by atoms with E-state index >= 15 is 0 Å². The summed E-state index contributed by atoms with van der Waals surface area (Å²) in [4.78, 5) is 4.24. The highest BCUT2D eigenvalue weighted by atomic mass is 15.0. The minimum absolute atomic E-state index is 0.187. The van der Waals surface area contributed by atoms with Crippen molar-refractivity contribution in [3.8, 4) is 0 Å². The summed E-state index contributed by atoms with van der Waals surface area (Å²) in [7, 11) is 0. The van der Waals surface area contributed by atoms with Gasteiger partial charge in [0.15, 0.2) is 0 Å². The van der Waals surface area contributed by atoms with Gasteiger partial charge in [-0.2, -0.15) is 0 Å². The van der Waals surface area contributed by atoms with Gasteiger partial charge in [0, 0.05) is 24.5 Å².